The van der Waals surface area contributed by atoms with Gasteiger partial charge in [-0.3, -0.25) is 10.1 Å². The minimum atomic E-state index is -0.377. The Kier molecular flexibility index (Phi) is 4.98. The highest BCUT2D eigenvalue weighted by molar-refractivity contribution is 7.10. The van der Waals surface area contributed by atoms with Crippen LogP contribution in [-0.4, -0.2) is 11.5 Å². The SMILES string of the molecule is CC(C)(CNCc1cc(Cl)ccc1[N+](=O)[O-])c1cccs1. The van der Waals surface area contributed by atoms with Crippen molar-refractivity contribution >= 4 is 28.6 Å². The van der Waals surface area contributed by atoms with Crippen LogP contribution in [0.4, 0.5) is 5.69 Å². The van der Waals surface area contributed by atoms with Gasteiger partial charge in [0.2, 0.25) is 0 Å². The predicted octanol–water partition coefficient (Wildman–Crippen LogP) is 4.38. The lowest BCUT2D eigenvalue weighted by atomic mass is 9.91. The summed E-state index contributed by atoms with van der Waals surface area (Å²) < 4.78 is 0. The van der Waals surface area contributed by atoms with Crippen LogP contribution in [0, 0.1) is 10.1 Å². The Morgan fingerprint density at radius 1 is 1.38 bits per heavy atom. The number of nitro benzene ring substituents is 1. The van der Waals surface area contributed by atoms with Crippen LogP contribution < -0.4 is 5.32 Å². The molecule has 1 aromatic carbocycles. The van der Waals surface area contributed by atoms with Gasteiger partial charge in [-0.15, -0.1) is 11.3 Å². The summed E-state index contributed by atoms with van der Waals surface area (Å²) in [4.78, 5) is 11.9. The molecule has 112 valence electrons. The molecule has 0 aliphatic carbocycles. The number of nitrogens with one attached hydrogen (secondary N) is 1. The van der Waals surface area contributed by atoms with Crippen LogP contribution in [0.1, 0.15) is 24.3 Å². The maximum Gasteiger partial charge on any atom is 0.273 e. The fourth-order valence-corrected chi connectivity index (χ4v) is 3.18. The minimum Gasteiger partial charge on any atom is -0.312 e. The number of thiophene rings is 1. The van der Waals surface area contributed by atoms with Crippen molar-refractivity contribution in [1.29, 1.82) is 0 Å². The first-order valence-electron chi connectivity index (χ1n) is 6.58. The number of nitro groups is 1. The Morgan fingerprint density at radius 3 is 2.76 bits per heavy atom. The highest BCUT2D eigenvalue weighted by atomic mass is 35.5. The molecule has 0 aliphatic heterocycles. The van der Waals surface area contributed by atoms with Gasteiger partial charge in [-0.2, -0.15) is 0 Å². The first-order valence-corrected chi connectivity index (χ1v) is 7.83. The van der Waals surface area contributed by atoms with Gasteiger partial charge in [-0.25, -0.2) is 0 Å². The first-order chi connectivity index (χ1) is 9.90. The van der Waals surface area contributed by atoms with Crippen LogP contribution in [0.15, 0.2) is 35.7 Å². The highest BCUT2D eigenvalue weighted by Crippen LogP contribution is 2.27. The molecule has 4 nitrogen and oxygen atoms in total. The second-order valence-corrected chi connectivity index (χ2v) is 6.88. The molecule has 0 bridgehead atoms. The molecular weight excluding hydrogens is 308 g/mol. The van der Waals surface area contributed by atoms with E-state index >= 15 is 0 Å². The van der Waals surface area contributed by atoms with Gasteiger partial charge in [0.15, 0.2) is 0 Å². The minimum absolute atomic E-state index is 0.0124. The molecule has 0 radical (unpaired) electrons. The second-order valence-electron chi connectivity index (χ2n) is 5.49. The summed E-state index contributed by atoms with van der Waals surface area (Å²) in [5.41, 5.74) is 0.692. The summed E-state index contributed by atoms with van der Waals surface area (Å²) in [7, 11) is 0. The van der Waals surface area contributed by atoms with E-state index in [1.165, 1.54) is 10.9 Å². The molecule has 6 heteroatoms. The van der Waals surface area contributed by atoms with Crippen LogP contribution in [0.3, 0.4) is 0 Å². The molecule has 1 heterocycles. The van der Waals surface area contributed by atoms with Gasteiger partial charge >= 0.3 is 0 Å². The molecule has 0 unspecified atom stereocenters. The van der Waals surface area contributed by atoms with E-state index in [2.05, 4.69) is 30.6 Å². The summed E-state index contributed by atoms with van der Waals surface area (Å²) in [6, 6.07) is 8.77. The van der Waals surface area contributed by atoms with Gasteiger partial charge < -0.3 is 5.32 Å². The van der Waals surface area contributed by atoms with Crippen molar-refractivity contribution in [1.82, 2.24) is 5.32 Å². The zero-order chi connectivity index (χ0) is 15.5. The molecule has 0 fully saturated rings. The zero-order valence-electron chi connectivity index (χ0n) is 11.9. The molecule has 0 saturated heterocycles. The summed E-state index contributed by atoms with van der Waals surface area (Å²) in [5.74, 6) is 0. The number of halogens is 1. The third kappa shape index (κ3) is 4.03. The van der Waals surface area contributed by atoms with Crippen molar-refractivity contribution in [3.05, 3.63) is 61.3 Å². The van der Waals surface area contributed by atoms with Gasteiger partial charge in [0, 0.05) is 40.0 Å². The lowest BCUT2D eigenvalue weighted by Crippen LogP contribution is -2.32. The molecule has 0 atom stereocenters. The molecule has 1 N–H and O–H groups in total. The summed E-state index contributed by atoms with van der Waals surface area (Å²) >= 11 is 7.64. The molecule has 1 aromatic heterocycles. The molecule has 21 heavy (non-hydrogen) atoms. The smallest absolute Gasteiger partial charge is 0.273 e. The van der Waals surface area contributed by atoms with Crippen LogP contribution in [0.2, 0.25) is 5.02 Å². The van der Waals surface area contributed by atoms with Gasteiger partial charge in [-0.05, 0) is 23.6 Å². The van der Waals surface area contributed by atoms with Crippen molar-refractivity contribution in [3.63, 3.8) is 0 Å². The monoisotopic (exact) mass is 324 g/mol. The van der Waals surface area contributed by atoms with Gasteiger partial charge in [-0.1, -0.05) is 31.5 Å². The molecule has 0 saturated carbocycles. The van der Waals surface area contributed by atoms with Crippen molar-refractivity contribution in [3.8, 4) is 0 Å². The molecule has 0 amide bonds. The zero-order valence-corrected chi connectivity index (χ0v) is 13.5. The Bertz CT molecular complexity index is 627. The fraction of sp³-hybridized carbons (Fsp3) is 0.333. The lowest BCUT2D eigenvalue weighted by molar-refractivity contribution is -0.385. The average Bonchev–Trinajstić information content (AvgIpc) is 2.92. The van der Waals surface area contributed by atoms with Gasteiger partial charge in [0.25, 0.3) is 5.69 Å². The average molecular weight is 325 g/mol. The topological polar surface area (TPSA) is 55.2 Å². The lowest BCUT2D eigenvalue weighted by Gasteiger charge is -2.23. The van der Waals surface area contributed by atoms with E-state index in [0.29, 0.717) is 17.1 Å². The van der Waals surface area contributed by atoms with Crippen LogP contribution in [-0.2, 0) is 12.0 Å². The van der Waals surface area contributed by atoms with Crippen LogP contribution >= 0.6 is 22.9 Å². The van der Waals surface area contributed by atoms with E-state index in [-0.39, 0.29) is 16.0 Å². The second kappa shape index (κ2) is 6.56. The Hall–Kier alpha value is -1.43. The third-order valence-electron chi connectivity index (χ3n) is 3.31. The van der Waals surface area contributed by atoms with Gasteiger partial charge in [0.05, 0.1) is 4.92 Å². The highest BCUT2D eigenvalue weighted by Gasteiger charge is 2.22. The Balaban J connectivity index is 2.04. The fourth-order valence-electron chi connectivity index (χ4n) is 2.13. The van der Waals surface area contributed by atoms with E-state index in [1.54, 1.807) is 23.5 Å². The maximum atomic E-state index is 11.0. The molecule has 0 aliphatic rings. The third-order valence-corrected chi connectivity index (χ3v) is 4.78. The number of benzene rings is 1. The largest absolute Gasteiger partial charge is 0.312 e. The summed E-state index contributed by atoms with van der Waals surface area (Å²) in [6.45, 7) is 5.46. The predicted molar refractivity (Wildman–Crippen MR) is 87.2 cm³/mol. The van der Waals surface area contributed by atoms with E-state index in [1.807, 2.05) is 6.07 Å². The van der Waals surface area contributed by atoms with Crippen molar-refractivity contribution in [2.75, 3.05) is 6.54 Å². The maximum absolute atomic E-state index is 11.0. The van der Waals surface area contributed by atoms with Gasteiger partial charge in [0.1, 0.15) is 0 Å². The van der Waals surface area contributed by atoms with Crippen LogP contribution in [0.25, 0.3) is 0 Å². The summed E-state index contributed by atoms with van der Waals surface area (Å²) in [5, 5.41) is 16.9. The molecule has 0 spiro atoms. The Labute approximate surface area is 132 Å². The van der Waals surface area contributed by atoms with Crippen LogP contribution in [0.5, 0.6) is 0 Å². The standard InChI is InChI=1S/C15H17ClN2O2S/c1-15(2,14-4-3-7-21-14)10-17-9-11-8-12(16)5-6-13(11)18(19)20/h3-8,17H,9-10H2,1-2H3. The van der Waals surface area contributed by atoms with Crippen molar-refractivity contribution in [2.24, 2.45) is 0 Å². The van der Waals surface area contributed by atoms with E-state index in [9.17, 15) is 10.1 Å². The molecule has 2 rings (SSSR count). The number of hydrogen-bond donors (Lipinski definition) is 1. The van der Waals surface area contributed by atoms with Crippen molar-refractivity contribution in [2.45, 2.75) is 25.8 Å². The number of rotatable bonds is 6. The molecular formula is C15H17ClN2O2S. The molecule has 2 aromatic rings. The quantitative estimate of drug-likeness (QED) is 0.633. The normalized spacial score (nSPS) is 11.6. The van der Waals surface area contributed by atoms with Crippen molar-refractivity contribution < 1.29 is 4.92 Å². The van der Waals surface area contributed by atoms with E-state index < -0.39 is 0 Å². The number of nitrogens with zero attached hydrogens (tertiary/aromatic N) is 1. The first kappa shape index (κ1) is 15.9. The Morgan fingerprint density at radius 2 is 2.14 bits per heavy atom. The number of hydrogen-bond acceptors (Lipinski definition) is 4. The summed E-state index contributed by atoms with van der Waals surface area (Å²) in [6.07, 6.45) is 0. The van der Waals surface area contributed by atoms with E-state index in [4.69, 9.17) is 11.6 Å². The van der Waals surface area contributed by atoms with E-state index in [0.717, 1.165) is 6.54 Å².